The van der Waals surface area contributed by atoms with Crippen molar-refractivity contribution in [1.82, 2.24) is 4.90 Å². The summed E-state index contributed by atoms with van der Waals surface area (Å²) in [6, 6.07) is 5.50. The molecule has 1 aromatic rings. The molecule has 19 heavy (non-hydrogen) atoms. The second kappa shape index (κ2) is 6.52. The number of nitrogens with zero attached hydrogens (tertiary/aromatic N) is 3. The fourth-order valence-corrected chi connectivity index (χ4v) is 1.98. The van der Waals surface area contributed by atoms with Crippen LogP contribution in [0.5, 0.6) is 0 Å². The number of nitro benzene ring substituents is 1. The number of benzene rings is 1. The van der Waals surface area contributed by atoms with E-state index in [0.717, 1.165) is 18.7 Å². The molecule has 1 rings (SSSR count). The highest BCUT2D eigenvalue weighted by Gasteiger charge is 2.21. The standard InChI is InChI=1S/C14H23N3O2/c1-11(2)16(9-8-15(4)5)14-10-12(3)6-7-13(14)17(18)19/h6-7,10-11H,8-9H2,1-5H3. The Balaban J connectivity index is 3.13. The summed E-state index contributed by atoms with van der Waals surface area (Å²) in [5, 5.41) is 11.2. The second-order valence-electron chi connectivity index (χ2n) is 5.34. The zero-order valence-corrected chi connectivity index (χ0v) is 12.4. The van der Waals surface area contributed by atoms with Crippen LogP contribution in [0.4, 0.5) is 11.4 Å². The fraction of sp³-hybridized carbons (Fsp3) is 0.571. The van der Waals surface area contributed by atoms with Crippen LogP contribution in [0.25, 0.3) is 0 Å². The van der Waals surface area contributed by atoms with Gasteiger partial charge in [0.25, 0.3) is 5.69 Å². The van der Waals surface area contributed by atoms with Gasteiger partial charge in [-0.3, -0.25) is 10.1 Å². The first-order valence-electron chi connectivity index (χ1n) is 6.49. The Morgan fingerprint density at radius 2 is 1.89 bits per heavy atom. The van der Waals surface area contributed by atoms with Crippen molar-refractivity contribution in [2.24, 2.45) is 0 Å². The Labute approximate surface area is 115 Å². The van der Waals surface area contributed by atoms with Gasteiger partial charge in [0.15, 0.2) is 0 Å². The van der Waals surface area contributed by atoms with Crippen molar-refractivity contribution in [3.8, 4) is 0 Å². The Kier molecular flexibility index (Phi) is 5.30. The summed E-state index contributed by atoms with van der Waals surface area (Å²) in [5.74, 6) is 0. The number of nitro groups is 1. The van der Waals surface area contributed by atoms with Crippen molar-refractivity contribution >= 4 is 11.4 Å². The van der Waals surface area contributed by atoms with E-state index in [4.69, 9.17) is 0 Å². The highest BCUT2D eigenvalue weighted by atomic mass is 16.6. The lowest BCUT2D eigenvalue weighted by Crippen LogP contribution is -2.37. The topological polar surface area (TPSA) is 49.6 Å². The molecule has 0 saturated carbocycles. The van der Waals surface area contributed by atoms with Crippen molar-refractivity contribution in [2.45, 2.75) is 26.8 Å². The highest BCUT2D eigenvalue weighted by molar-refractivity contribution is 5.65. The highest BCUT2D eigenvalue weighted by Crippen LogP contribution is 2.30. The van der Waals surface area contributed by atoms with Crippen LogP contribution in [0.2, 0.25) is 0 Å². The molecule has 0 atom stereocenters. The van der Waals surface area contributed by atoms with Gasteiger partial charge in [-0.05, 0) is 46.5 Å². The Hall–Kier alpha value is -1.62. The van der Waals surface area contributed by atoms with Gasteiger partial charge in [-0.1, -0.05) is 6.07 Å². The molecule has 0 amide bonds. The van der Waals surface area contributed by atoms with Gasteiger partial charge in [0, 0.05) is 25.2 Å². The third kappa shape index (κ3) is 4.21. The first-order chi connectivity index (χ1) is 8.82. The van der Waals surface area contributed by atoms with Crippen molar-refractivity contribution in [1.29, 1.82) is 0 Å². The van der Waals surface area contributed by atoms with Crippen molar-refractivity contribution in [2.75, 3.05) is 32.1 Å². The molecule has 5 heteroatoms. The van der Waals surface area contributed by atoms with Gasteiger partial charge in [-0.25, -0.2) is 0 Å². The molecule has 0 bridgehead atoms. The monoisotopic (exact) mass is 265 g/mol. The fourth-order valence-electron chi connectivity index (χ4n) is 1.98. The molecule has 0 aliphatic carbocycles. The predicted octanol–water partition coefficient (Wildman–Crippen LogP) is 2.68. The number of hydrogen-bond donors (Lipinski definition) is 0. The summed E-state index contributed by atoms with van der Waals surface area (Å²) in [7, 11) is 4.01. The van der Waals surface area contributed by atoms with Gasteiger partial charge in [-0.15, -0.1) is 0 Å². The van der Waals surface area contributed by atoms with E-state index >= 15 is 0 Å². The SMILES string of the molecule is Cc1ccc([N+](=O)[O-])c(N(CCN(C)C)C(C)C)c1. The summed E-state index contributed by atoms with van der Waals surface area (Å²) in [6.45, 7) is 7.71. The van der Waals surface area contributed by atoms with E-state index in [1.807, 2.05) is 27.1 Å². The number of likely N-dealkylation sites (N-methyl/N-ethyl adjacent to an activating group) is 1. The zero-order chi connectivity index (χ0) is 14.6. The lowest BCUT2D eigenvalue weighted by atomic mass is 10.1. The first kappa shape index (κ1) is 15.4. The minimum atomic E-state index is -0.306. The zero-order valence-electron chi connectivity index (χ0n) is 12.4. The van der Waals surface area contributed by atoms with Crippen molar-refractivity contribution < 1.29 is 4.92 Å². The third-order valence-electron chi connectivity index (χ3n) is 3.05. The largest absolute Gasteiger partial charge is 0.362 e. The van der Waals surface area contributed by atoms with E-state index in [-0.39, 0.29) is 16.7 Å². The number of anilines is 1. The molecule has 0 heterocycles. The Bertz CT molecular complexity index is 444. The molecule has 1 aromatic carbocycles. The quantitative estimate of drug-likeness (QED) is 0.586. The van der Waals surface area contributed by atoms with E-state index < -0.39 is 0 Å². The molecule has 0 aromatic heterocycles. The summed E-state index contributed by atoms with van der Waals surface area (Å²) < 4.78 is 0. The Morgan fingerprint density at radius 3 is 2.37 bits per heavy atom. The van der Waals surface area contributed by atoms with Gasteiger partial charge in [0.1, 0.15) is 5.69 Å². The summed E-state index contributed by atoms with van der Waals surface area (Å²) in [4.78, 5) is 15.0. The normalized spacial score (nSPS) is 11.1. The maximum atomic E-state index is 11.2. The van der Waals surface area contributed by atoms with E-state index in [1.165, 1.54) is 0 Å². The molecule has 0 radical (unpaired) electrons. The molecule has 0 aliphatic rings. The first-order valence-corrected chi connectivity index (χ1v) is 6.49. The van der Waals surface area contributed by atoms with Gasteiger partial charge in [-0.2, -0.15) is 0 Å². The average molecular weight is 265 g/mol. The van der Waals surface area contributed by atoms with Crippen LogP contribution in [0.15, 0.2) is 18.2 Å². The lowest BCUT2D eigenvalue weighted by Gasteiger charge is -2.30. The average Bonchev–Trinajstić information content (AvgIpc) is 2.27. The van der Waals surface area contributed by atoms with Crippen molar-refractivity contribution in [3.63, 3.8) is 0 Å². The van der Waals surface area contributed by atoms with E-state index in [0.29, 0.717) is 5.69 Å². The molecule has 106 valence electrons. The molecule has 5 nitrogen and oxygen atoms in total. The van der Waals surface area contributed by atoms with Gasteiger partial charge >= 0.3 is 0 Å². The van der Waals surface area contributed by atoms with E-state index in [9.17, 15) is 10.1 Å². The number of aryl methyl sites for hydroxylation is 1. The summed E-state index contributed by atoms with van der Waals surface area (Å²) >= 11 is 0. The van der Waals surface area contributed by atoms with Crippen LogP contribution in [-0.4, -0.2) is 43.0 Å². The van der Waals surface area contributed by atoms with Gasteiger partial charge < -0.3 is 9.80 Å². The third-order valence-corrected chi connectivity index (χ3v) is 3.05. The molecule has 0 unspecified atom stereocenters. The number of rotatable bonds is 6. The molecule has 0 fully saturated rings. The van der Waals surface area contributed by atoms with E-state index in [1.54, 1.807) is 12.1 Å². The van der Waals surface area contributed by atoms with Crippen LogP contribution in [-0.2, 0) is 0 Å². The van der Waals surface area contributed by atoms with Crippen LogP contribution in [0.3, 0.4) is 0 Å². The minimum absolute atomic E-state index is 0.179. The molecule has 0 spiro atoms. The van der Waals surface area contributed by atoms with Crippen LogP contribution >= 0.6 is 0 Å². The van der Waals surface area contributed by atoms with Crippen LogP contribution in [0.1, 0.15) is 19.4 Å². The van der Waals surface area contributed by atoms with Crippen LogP contribution in [0, 0.1) is 17.0 Å². The molecular weight excluding hydrogens is 242 g/mol. The van der Waals surface area contributed by atoms with Gasteiger partial charge in [0.2, 0.25) is 0 Å². The maximum Gasteiger partial charge on any atom is 0.292 e. The summed E-state index contributed by atoms with van der Waals surface area (Å²) in [5.41, 5.74) is 1.93. The minimum Gasteiger partial charge on any atom is -0.362 e. The number of hydrogen-bond acceptors (Lipinski definition) is 4. The molecule has 0 aliphatic heterocycles. The van der Waals surface area contributed by atoms with E-state index in [2.05, 4.69) is 23.6 Å². The molecule has 0 saturated heterocycles. The lowest BCUT2D eigenvalue weighted by molar-refractivity contribution is -0.384. The second-order valence-corrected chi connectivity index (χ2v) is 5.34. The maximum absolute atomic E-state index is 11.2. The van der Waals surface area contributed by atoms with Gasteiger partial charge in [0.05, 0.1) is 4.92 Å². The molecule has 0 N–H and O–H groups in total. The Morgan fingerprint density at radius 1 is 1.26 bits per heavy atom. The summed E-state index contributed by atoms with van der Waals surface area (Å²) in [6.07, 6.45) is 0. The predicted molar refractivity (Wildman–Crippen MR) is 78.9 cm³/mol. The van der Waals surface area contributed by atoms with Crippen molar-refractivity contribution in [3.05, 3.63) is 33.9 Å². The smallest absolute Gasteiger partial charge is 0.292 e. The van der Waals surface area contributed by atoms with Crippen LogP contribution < -0.4 is 4.90 Å². The molecular formula is C14H23N3O2.